The molecule has 1 heterocycles. The second-order valence-electron chi connectivity index (χ2n) is 8.79. The van der Waals surface area contributed by atoms with Crippen LogP contribution in [0.2, 0.25) is 0 Å². The molecule has 1 amide bonds. The third-order valence-corrected chi connectivity index (χ3v) is 4.93. The third kappa shape index (κ3) is 11.6. The molecular weight excluding hydrogens is 503 g/mol. The summed E-state index contributed by atoms with van der Waals surface area (Å²) >= 11 is 0. The van der Waals surface area contributed by atoms with Crippen LogP contribution in [-0.4, -0.2) is 74.7 Å². The molecule has 1 aliphatic rings. The Labute approximate surface area is 205 Å². The fourth-order valence-electron chi connectivity index (χ4n) is 3.49. The molecule has 0 saturated carbocycles. The summed E-state index contributed by atoms with van der Waals surface area (Å²) in [6.07, 6.45) is 2.24. The highest BCUT2D eigenvalue weighted by atomic mass is 127. The highest BCUT2D eigenvalue weighted by molar-refractivity contribution is 14.0. The van der Waals surface area contributed by atoms with Crippen LogP contribution in [0.1, 0.15) is 40.5 Å². The number of aliphatic imine (C=N–C) groups is 1. The van der Waals surface area contributed by atoms with Crippen molar-refractivity contribution < 1.29 is 4.79 Å². The molecule has 2 rings (SSSR count). The number of piperazine rings is 1. The lowest BCUT2D eigenvalue weighted by Crippen LogP contribution is -2.46. The summed E-state index contributed by atoms with van der Waals surface area (Å²) in [5.74, 6) is 0.646. The van der Waals surface area contributed by atoms with Gasteiger partial charge in [0.05, 0.1) is 0 Å². The third-order valence-electron chi connectivity index (χ3n) is 4.93. The van der Waals surface area contributed by atoms with Crippen LogP contribution in [0.15, 0.2) is 35.3 Å². The minimum atomic E-state index is -0.231. The van der Waals surface area contributed by atoms with Gasteiger partial charge in [-0.2, -0.15) is 0 Å². The van der Waals surface area contributed by atoms with Crippen molar-refractivity contribution in [1.29, 1.82) is 0 Å². The van der Waals surface area contributed by atoms with Gasteiger partial charge >= 0.3 is 0 Å². The van der Waals surface area contributed by atoms with Gasteiger partial charge in [0.25, 0.3) is 0 Å². The number of unbranched alkanes of at least 4 members (excludes halogenated alkanes) is 1. The van der Waals surface area contributed by atoms with Crippen molar-refractivity contribution in [2.24, 2.45) is 4.99 Å². The monoisotopic (exact) mass is 544 g/mol. The molecule has 0 aromatic heterocycles. The largest absolute Gasteiger partial charge is 0.369 e. The lowest BCUT2D eigenvalue weighted by molar-refractivity contribution is -0.121. The van der Waals surface area contributed by atoms with Crippen molar-refractivity contribution in [2.45, 2.75) is 46.1 Å². The van der Waals surface area contributed by atoms with Crippen molar-refractivity contribution in [3.8, 4) is 0 Å². The average Bonchev–Trinajstić information content (AvgIpc) is 2.71. The van der Waals surface area contributed by atoms with E-state index in [1.165, 1.54) is 5.69 Å². The molecule has 1 fully saturated rings. The topological polar surface area (TPSA) is 72.0 Å². The lowest BCUT2D eigenvalue weighted by Gasteiger charge is -2.36. The summed E-state index contributed by atoms with van der Waals surface area (Å²) in [7, 11) is 0. The summed E-state index contributed by atoms with van der Waals surface area (Å²) in [4.78, 5) is 21.4. The molecule has 1 aliphatic heterocycles. The predicted molar refractivity (Wildman–Crippen MR) is 142 cm³/mol. The molecule has 0 bridgehead atoms. The van der Waals surface area contributed by atoms with Crippen LogP contribution in [0, 0.1) is 0 Å². The van der Waals surface area contributed by atoms with E-state index in [4.69, 9.17) is 0 Å². The maximum Gasteiger partial charge on any atom is 0.242 e. The summed E-state index contributed by atoms with van der Waals surface area (Å²) in [6, 6.07) is 10.7. The van der Waals surface area contributed by atoms with Crippen LogP contribution in [0.3, 0.4) is 0 Å². The average molecular weight is 545 g/mol. The first-order valence-corrected chi connectivity index (χ1v) is 11.2. The van der Waals surface area contributed by atoms with E-state index in [2.05, 4.69) is 61.1 Å². The normalized spacial score (nSPS) is 15.2. The molecule has 0 unspecified atom stereocenters. The fourth-order valence-corrected chi connectivity index (χ4v) is 3.49. The van der Waals surface area contributed by atoms with Gasteiger partial charge < -0.3 is 20.9 Å². The Morgan fingerprint density at radius 1 is 1.03 bits per heavy atom. The number of halogens is 1. The van der Waals surface area contributed by atoms with Gasteiger partial charge in [-0.25, -0.2) is 4.99 Å². The van der Waals surface area contributed by atoms with Crippen LogP contribution in [0.4, 0.5) is 5.69 Å². The first-order valence-electron chi connectivity index (χ1n) is 11.2. The van der Waals surface area contributed by atoms with Crippen LogP contribution in [0.25, 0.3) is 0 Å². The number of carbonyl (C=O) groups excluding carboxylic acids is 1. The first-order chi connectivity index (χ1) is 14.4. The molecule has 1 saturated heterocycles. The number of hydrogen-bond donors (Lipinski definition) is 3. The quantitative estimate of drug-likeness (QED) is 0.193. The lowest BCUT2D eigenvalue weighted by atomic mass is 10.1. The van der Waals surface area contributed by atoms with E-state index < -0.39 is 0 Å². The van der Waals surface area contributed by atoms with Crippen LogP contribution in [-0.2, 0) is 4.79 Å². The number of amides is 1. The zero-order valence-corrected chi connectivity index (χ0v) is 21.9. The van der Waals surface area contributed by atoms with Gasteiger partial charge in [0.1, 0.15) is 6.54 Å². The van der Waals surface area contributed by atoms with Gasteiger partial charge in [0, 0.05) is 50.5 Å². The zero-order valence-electron chi connectivity index (χ0n) is 19.6. The predicted octanol–water partition coefficient (Wildman–Crippen LogP) is 2.68. The van der Waals surface area contributed by atoms with Crippen molar-refractivity contribution >= 4 is 41.5 Å². The van der Waals surface area contributed by atoms with E-state index in [1.54, 1.807) is 0 Å². The Morgan fingerprint density at radius 2 is 1.71 bits per heavy atom. The minimum Gasteiger partial charge on any atom is -0.369 e. The van der Waals surface area contributed by atoms with E-state index >= 15 is 0 Å². The van der Waals surface area contributed by atoms with Crippen molar-refractivity contribution in [3.05, 3.63) is 30.3 Å². The summed E-state index contributed by atoms with van der Waals surface area (Å²) < 4.78 is 0. The number of carbonyl (C=O) groups is 1. The number of nitrogens with one attached hydrogen (secondary N) is 3. The minimum absolute atomic E-state index is 0. The maximum absolute atomic E-state index is 11.9. The van der Waals surface area contributed by atoms with E-state index in [1.807, 2.05) is 27.7 Å². The Balaban J connectivity index is 0.00000480. The number of benzene rings is 1. The molecule has 0 radical (unpaired) electrons. The maximum atomic E-state index is 11.9. The number of anilines is 1. The Bertz CT molecular complexity index is 654. The molecule has 7 nitrogen and oxygen atoms in total. The molecule has 31 heavy (non-hydrogen) atoms. The number of hydrogen-bond acceptors (Lipinski definition) is 4. The van der Waals surface area contributed by atoms with Crippen molar-refractivity contribution in [3.63, 3.8) is 0 Å². The Kier molecular flexibility index (Phi) is 12.9. The summed E-state index contributed by atoms with van der Waals surface area (Å²) in [5, 5.41) is 9.47. The van der Waals surface area contributed by atoms with Crippen LogP contribution in [0.5, 0.6) is 0 Å². The molecule has 3 N–H and O–H groups in total. The van der Waals surface area contributed by atoms with Crippen molar-refractivity contribution in [1.82, 2.24) is 20.9 Å². The number of nitrogens with zero attached hydrogens (tertiary/aromatic N) is 3. The summed E-state index contributed by atoms with van der Waals surface area (Å²) in [5.41, 5.74) is 1.10. The Hall–Kier alpha value is -1.55. The Morgan fingerprint density at radius 3 is 2.32 bits per heavy atom. The number of para-hydroxylation sites is 1. The highest BCUT2D eigenvalue weighted by Crippen LogP contribution is 2.15. The molecular formula is C23H41IN6O. The van der Waals surface area contributed by atoms with Gasteiger partial charge in [-0.3, -0.25) is 9.69 Å². The number of rotatable bonds is 9. The smallest absolute Gasteiger partial charge is 0.242 e. The first kappa shape index (κ1) is 27.5. The molecule has 1 aromatic carbocycles. The fraction of sp³-hybridized carbons (Fsp3) is 0.652. The van der Waals surface area contributed by atoms with Crippen LogP contribution >= 0.6 is 24.0 Å². The summed E-state index contributed by atoms with van der Waals surface area (Å²) in [6.45, 7) is 15.3. The van der Waals surface area contributed by atoms with E-state index in [-0.39, 0.29) is 42.0 Å². The second kappa shape index (κ2) is 14.5. The molecule has 8 heteroatoms. The van der Waals surface area contributed by atoms with Gasteiger partial charge in [-0.15, -0.1) is 24.0 Å². The molecule has 1 aromatic rings. The van der Waals surface area contributed by atoms with Crippen LogP contribution < -0.4 is 20.9 Å². The second-order valence-corrected chi connectivity index (χ2v) is 8.79. The molecule has 0 spiro atoms. The number of guanidine groups is 1. The molecule has 176 valence electrons. The highest BCUT2D eigenvalue weighted by Gasteiger charge is 2.16. The van der Waals surface area contributed by atoms with Crippen molar-refractivity contribution in [2.75, 3.05) is 57.3 Å². The van der Waals surface area contributed by atoms with E-state index in [9.17, 15) is 4.79 Å². The van der Waals surface area contributed by atoms with Gasteiger partial charge in [-0.1, -0.05) is 18.2 Å². The van der Waals surface area contributed by atoms with Gasteiger partial charge in [0.15, 0.2) is 5.96 Å². The molecule has 0 atom stereocenters. The standard InChI is InChI=1S/C23H40N6O.HI/c1-5-24-22(26-19-21(30)27-23(2,3)4)25-13-9-10-14-28-15-17-29(18-16-28)20-11-7-6-8-12-20;/h6-8,11-12H,5,9-10,13-19H2,1-4H3,(H,27,30)(H2,24,25,26);1H. The zero-order chi connectivity index (χ0) is 21.8. The van der Waals surface area contributed by atoms with Gasteiger partial charge in [0.2, 0.25) is 5.91 Å². The molecule has 0 aliphatic carbocycles. The van der Waals surface area contributed by atoms with Gasteiger partial charge in [-0.05, 0) is 59.2 Å². The SMILES string of the molecule is CCNC(=NCC(=O)NC(C)(C)C)NCCCCN1CCN(c2ccccc2)CC1.I. The van der Waals surface area contributed by atoms with E-state index in [0.717, 1.165) is 58.7 Å². The van der Waals surface area contributed by atoms with E-state index in [0.29, 0.717) is 5.96 Å².